The van der Waals surface area contributed by atoms with Crippen LogP contribution < -0.4 is 5.73 Å². The Morgan fingerprint density at radius 3 is 2.83 bits per heavy atom. The second kappa shape index (κ2) is 5.18. The van der Waals surface area contributed by atoms with Crippen molar-refractivity contribution in [3.63, 3.8) is 0 Å². The highest BCUT2D eigenvalue weighted by Gasteiger charge is 2.16. The van der Waals surface area contributed by atoms with Crippen molar-refractivity contribution in [2.24, 2.45) is 5.73 Å². The number of carboxylic acid groups (broad SMARTS) is 1. The van der Waals surface area contributed by atoms with Gasteiger partial charge in [-0.05, 0) is 11.6 Å². The Labute approximate surface area is 104 Å². The van der Waals surface area contributed by atoms with Crippen molar-refractivity contribution >= 4 is 16.9 Å². The van der Waals surface area contributed by atoms with Crippen LogP contribution in [0, 0.1) is 0 Å². The van der Waals surface area contributed by atoms with Gasteiger partial charge in [-0.2, -0.15) is 0 Å². The molecule has 1 aromatic carbocycles. The van der Waals surface area contributed by atoms with Gasteiger partial charge >= 0.3 is 5.97 Å². The molecule has 0 saturated heterocycles. The first-order valence-electron chi connectivity index (χ1n) is 5.74. The third-order valence-corrected chi connectivity index (χ3v) is 2.95. The summed E-state index contributed by atoms with van der Waals surface area (Å²) >= 11 is 0. The van der Waals surface area contributed by atoms with E-state index in [1.165, 1.54) is 0 Å². The van der Waals surface area contributed by atoms with E-state index >= 15 is 0 Å². The standard InChI is InChI=1S/C13H15FN2O2/c14-5-6-16-8-9(7-11(15)13(17)18)10-3-1-2-4-12(10)16/h1-4,8,11H,5-7,15H2,(H,17,18)/t11-/m1/s1. The van der Waals surface area contributed by atoms with Crippen molar-refractivity contribution in [1.82, 2.24) is 4.57 Å². The maximum absolute atomic E-state index is 12.5. The van der Waals surface area contributed by atoms with Crippen LogP contribution in [0.3, 0.4) is 0 Å². The van der Waals surface area contributed by atoms with Crippen LogP contribution in [0.1, 0.15) is 5.56 Å². The van der Waals surface area contributed by atoms with E-state index < -0.39 is 18.7 Å². The lowest BCUT2D eigenvalue weighted by atomic mass is 10.1. The molecule has 1 aromatic heterocycles. The highest BCUT2D eigenvalue weighted by atomic mass is 19.1. The van der Waals surface area contributed by atoms with Crippen LogP contribution in [0.5, 0.6) is 0 Å². The van der Waals surface area contributed by atoms with Crippen LogP contribution in [0.4, 0.5) is 4.39 Å². The largest absolute Gasteiger partial charge is 0.480 e. The molecule has 0 saturated carbocycles. The minimum absolute atomic E-state index is 0.245. The number of carbonyl (C=O) groups is 1. The fourth-order valence-electron chi connectivity index (χ4n) is 2.09. The molecule has 0 radical (unpaired) electrons. The second-order valence-electron chi connectivity index (χ2n) is 4.20. The van der Waals surface area contributed by atoms with Crippen LogP contribution in [0.2, 0.25) is 0 Å². The molecule has 96 valence electrons. The SMILES string of the molecule is N[C@H](Cc1cn(CCF)c2ccccc12)C(=O)O. The number of para-hydroxylation sites is 1. The average Bonchev–Trinajstić information content (AvgIpc) is 2.69. The normalized spacial score (nSPS) is 12.8. The lowest BCUT2D eigenvalue weighted by molar-refractivity contribution is -0.138. The minimum Gasteiger partial charge on any atom is -0.480 e. The number of aryl methyl sites for hydroxylation is 1. The van der Waals surface area contributed by atoms with Crippen LogP contribution in [0.25, 0.3) is 10.9 Å². The van der Waals surface area contributed by atoms with Crippen LogP contribution >= 0.6 is 0 Å². The number of nitrogens with zero attached hydrogens (tertiary/aromatic N) is 1. The second-order valence-corrected chi connectivity index (χ2v) is 4.20. The number of nitrogens with two attached hydrogens (primary N) is 1. The van der Waals surface area contributed by atoms with Crippen LogP contribution in [-0.2, 0) is 17.8 Å². The van der Waals surface area contributed by atoms with Crippen molar-refractivity contribution in [2.75, 3.05) is 6.67 Å². The molecule has 0 aliphatic rings. The van der Waals surface area contributed by atoms with E-state index in [0.29, 0.717) is 0 Å². The van der Waals surface area contributed by atoms with Gasteiger partial charge in [-0.3, -0.25) is 4.79 Å². The number of hydrogen-bond acceptors (Lipinski definition) is 2. The van der Waals surface area contributed by atoms with Gasteiger partial charge in [-0.25, -0.2) is 4.39 Å². The number of aliphatic carboxylic acids is 1. The van der Waals surface area contributed by atoms with Gasteiger partial charge in [0.2, 0.25) is 0 Å². The van der Waals surface area contributed by atoms with Gasteiger partial charge in [-0.15, -0.1) is 0 Å². The zero-order valence-corrected chi connectivity index (χ0v) is 9.84. The summed E-state index contributed by atoms with van der Waals surface area (Å²) in [5.74, 6) is -1.03. The highest BCUT2D eigenvalue weighted by Crippen LogP contribution is 2.22. The Morgan fingerprint density at radius 2 is 2.17 bits per heavy atom. The third-order valence-electron chi connectivity index (χ3n) is 2.95. The number of halogens is 1. The molecule has 0 spiro atoms. The molecule has 0 amide bonds. The van der Waals surface area contributed by atoms with Crippen molar-refractivity contribution in [2.45, 2.75) is 19.0 Å². The molecule has 0 unspecified atom stereocenters. The monoisotopic (exact) mass is 250 g/mol. The maximum Gasteiger partial charge on any atom is 0.320 e. The van der Waals surface area contributed by atoms with E-state index in [9.17, 15) is 9.18 Å². The lowest BCUT2D eigenvalue weighted by Crippen LogP contribution is -2.32. The molecule has 2 aromatic rings. The van der Waals surface area contributed by atoms with Gasteiger partial charge in [-0.1, -0.05) is 18.2 Å². The summed E-state index contributed by atoms with van der Waals surface area (Å²) in [4.78, 5) is 10.8. The molecule has 1 heterocycles. The molecular formula is C13H15FN2O2. The van der Waals surface area contributed by atoms with Gasteiger partial charge in [0.25, 0.3) is 0 Å². The smallest absolute Gasteiger partial charge is 0.320 e. The van der Waals surface area contributed by atoms with E-state index in [0.717, 1.165) is 16.5 Å². The summed E-state index contributed by atoms with van der Waals surface area (Å²) in [7, 11) is 0. The summed E-state index contributed by atoms with van der Waals surface area (Å²) in [6.45, 7) is -0.189. The molecule has 18 heavy (non-hydrogen) atoms. The first kappa shape index (κ1) is 12.6. The molecule has 1 atom stereocenters. The lowest BCUT2D eigenvalue weighted by Gasteiger charge is -2.04. The van der Waals surface area contributed by atoms with E-state index in [4.69, 9.17) is 10.8 Å². The molecule has 2 rings (SSSR count). The Balaban J connectivity index is 2.41. The summed E-state index contributed by atoms with van der Waals surface area (Å²) < 4.78 is 14.3. The van der Waals surface area contributed by atoms with Gasteiger partial charge in [0.15, 0.2) is 0 Å². The number of fused-ring (bicyclic) bond motifs is 1. The topological polar surface area (TPSA) is 68.2 Å². The summed E-state index contributed by atoms with van der Waals surface area (Å²) in [5.41, 5.74) is 7.29. The van der Waals surface area contributed by atoms with Gasteiger partial charge in [0.05, 0.1) is 6.54 Å². The van der Waals surface area contributed by atoms with Crippen LogP contribution in [-0.4, -0.2) is 28.4 Å². The van der Waals surface area contributed by atoms with Gasteiger partial charge < -0.3 is 15.4 Å². The van der Waals surface area contributed by atoms with E-state index in [1.54, 1.807) is 10.8 Å². The fraction of sp³-hybridized carbons (Fsp3) is 0.308. The van der Waals surface area contributed by atoms with Crippen LogP contribution in [0.15, 0.2) is 30.5 Å². The predicted molar refractivity (Wildman–Crippen MR) is 67.2 cm³/mol. The zero-order valence-electron chi connectivity index (χ0n) is 9.84. The Bertz CT molecular complexity index is 565. The van der Waals surface area contributed by atoms with E-state index in [2.05, 4.69) is 0 Å². The molecule has 4 nitrogen and oxygen atoms in total. The number of aromatic nitrogens is 1. The third kappa shape index (κ3) is 2.36. The molecule has 0 aliphatic carbocycles. The Morgan fingerprint density at radius 1 is 1.44 bits per heavy atom. The van der Waals surface area contributed by atoms with Gasteiger partial charge in [0.1, 0.15) is 12.7 Å². The quantitative estimate of drug-likeness (QED) is 0.846. The minimum atomic E-state index is -1.03. The number of carboxylic acids is 1. The highest BCUT2D eigenvalue weighted by molar-refractivity contribution is 5.85. The average molecular weight is 250 g/mol. The number of rotatable bonds is 5. The molecule has 3 N–H and O–H groups in total. The summed E-state index contributed by atoms with van der Waals surface area (Å²) in [6, 6.07) is 6.60. The first-order valence-corrected chi connectivity index (χ1v) is 5.74. The van der Waals surface area contributed by atoms with Crippen molar-refractivity contribution in [3.8, 4) is 0 Å². The fourth-order valence-corrected chi connectivity index (χ4v) is 2.09. The molecule has 0 fully saturated rings. The van der Waals surface area contributed by atoms with Crippen molar-refractivity contribution in [1.29, 1.82) is 0 Å². The zero-order chi connectivity index (χ0) is 13.1. The maximum atomic E-state index is 12.5. The molecule has 0 bridgehead atoms. The predicted octanol–water partition coefficient (Wildman–Crippen LogP) is 1.57. The first-order chi connectivity index (χ1) is 8.63. The van der Waals surface area contributed by atoms with Gasteiger partial charge in [0, 0.05) is 23.5 Å². The van der Waals surface area contributed by atoms with Crippen molar-refractivity contribution < 1.29 is 14.3 Å². The number of alkyl halides is 1. The number of hydrogen-bond donors (Lipinski definition) is 2. The van der Waals surface area contributed by atoms with E-state index in [-0.39, 0.29) is 13.0 Å². The summed E-state index contributed by atoms with van der Waals surface area (Å²) in [6.07, 6.45) is 2.03. The molecule has 0 aliphatic heterocycles. The molecular weight excluding hydrogens is 235 g/mol. The number of benzene rings is 1. The van der Waals surface area contributed by atoms with Crippen molar-refractivity contribution in [3.05, 3.63) is 36.0 Å². The Hall–Kier alpha value is -1.88. The van der Waals surface area contributed by atoms with E-state index in [1.807, 2.05) is 24.3 Å². The Kier molecular flexibility index (Phi) is 3.62. The summed E-state index contributed by atoms with van der Waals surface area (Å²) in [5, 5.41) is 9.77. The molecule has 5 heteroatoms.